The van der Waals surface area contributed by atoms with Gasteiger partial charge in [-0.05, 0) is 28.4 Å². The van der Waals surface area contributed by atoms with E-state index in [0.29, 0.717) is 4.88 Å². The SMILES string of the molecule is CCc1sc(C(=O)NN)cc1Br. The smallest absolute Gasteiger partial charge is 0.275 e. The summed E-state index contributed by atoms with van der Waals surface area (Å²) in [5, 5.41) is 0. The third-order valence-electron chi connectivity index (χ3n) is 1.43. The van der Waals surface area contributed by atoms with Gasteiger partial charge in [-0.25, -0.2) is 5.84 Å². The van der Waals surface area contributed by atoms with Crippen LogP contribution in [-0.2, 0) is 6.42 Å². The number of nitrogen functional groups attached to an aromatic ring is 1. The first-order valence-corrected chi connectivity index (χ1v) is 5.09. The maximum atomic E-state index is 11.0. The maximum absolute atomic E-state index is 11.0. The molecule has 0 bridgehead atoms. The van der Waals surface area contributed by atoms with Crippen molar-refractivity contribution in [2.45, 2.75) is 13.3 Å². The van der Waals surface area contributed by atoms with Crippen LogP contribution in [0.2, 0.25) is 0 Å². The van der Waals surface area contributed by atoms with Crippen LogP contribution in [0.15, 0.2) is 10.5 Å². The standard InChI is InChI=1S/C7H9BrN2OS/c1-2-5-4(8)3-6(12-5)7(11)10-9/h3H,2,9H2,1H3,(H,10,11). The summed E-state index contributed by atoms with van der Waals surface area (Å²) in [5.41, 5.74) is 2.10. The van der Waals surface area contributed by atoms with Gasteiger partial charge in [0, 0.05) is 9.35 Å². The Morgan fingerprint density at radius 2 is 2.50 bits per heavy atom. The van der Waals surface area contributed by atoms with E-state index in [1.54, 1.807) is 6.07 Å². The topological polar surface area (TPSA) is 55.1 Å². The third kappa shape index (κ3) is 1.85. The molecule has 5 heteroatoms. The molecule has 1 rings (SSSR count). The van der Waals surface area contributed by atoms with Crippen LogP contribution in [0.4, 0.5) is 0 Å². The van der Waals surface area contributed by atoms with Gasteiger partial charge in [0.1, 0.15) is 0 Å². The Morgan fingerprint density at radius 3 is 2.92 bits per heavy atom. The predicted molar refractivity (Wildman–Crippen MR) is 53.1 cm³/mol. The molecule has 0 spiro atoms. The zero-order valence-electron chi connectivity index (χ0n) is 6.56. The molecule has 0 saturated heterocycles. The lowest BCUT2D eigenvalue weighted by Crippen LogP contribution is -2.29. The van der Waals surface area contributed by atoms with Crippen molar-refractivity contribution in [3.05, 3.63) is 20.3 Å². The van der Waals surface area contributed by atoms with Crippen molar-refractivity contribution in [3.8, 4) is 0 Å². The fraction of sp³-hybridized carbons (Fsp3) is 0.286. The molecular weight excluding hydrogens is 240 g/mol. The van der Waals surface area contributed by atoms with Gasteiger partial charge in [0.05, 0.1) is 4.88 Å². The molecule has 12 heavy (non-hydrogen) atoms. The molecule has 1 heterocycles. The van der Waals surface area contributed by atoms with E-state index >= 15 is 0 Å². The highest BCUT2D eigenvalue weighted by molar-refractivity contribution is 9.10. The van der Waals surface area contributed by atoms with Gasteiger partial charge in [0.2, 0.25) is 0 Å². The van der Waals surface area contributed by atoms with Crippen LogP contribution in [0.3, 0.4) is 0 Å². The normalized spacial score (nSPS) is 9.92. The summed E-state index contributed by atoms with van der Waals surface area (Å²) in [6.45, 7) is 2.04. The van der Waals surface area contributed by atoms with Crippen molar-refractivity contribution in [2.75, 3.05) is 0 Å². The molecule has 0 unspecified atom stereocenters. The van der Waals surface area contributed by atoms with E-state index in [9.17, 15) is 4.79 Å². The second-order valence-electron chi connectivity index (χ2n) is 2.21. The zero-order valence-corrected chi connectivity index (χ0v) is 8.96. The molecule has 1 aromatic rings. The second-order valence-corrected chi connectivity index (χ2v) is 4.20. The molecule has 0 fully saturated rings. The van der Waals surface area contributed by atoms with Crippen LogP contribution in [0.5, 0.6) is 0 Å². The van der Waals surface area contributed by atoms with Crippen molar-refractivity contribution in [1.29, 1.82) is 0 Å². The van der Waals surface area contributed by atoms with E-state index in [0.717, 1.165) is 15.8 Å². The number of halogens is 1. The Balaban J connectivity index is 2.96. The number of aryl methyl sites for hydroxylation is 1. The van der Waals surface area contributed by atoms with E-state index in [-0.39, 0.29) is 5.91 Å². The first-order valence-electron chi connectivity index (χ1n) is 3.48. The molecule has 0 aliphatic carbocycles. The minimum Gasteiger partial charge on any atom is -0.289 e. The number of hydrogen-bond acceptors (Lipinski definition) is 3. The fourth-order valence-electron chi connectivity index (χ4n) is 0.831. The van der Waals surface area contributed by atoms with Gasteiger partial charge in [-0.1, -0.05) is 6.92 Å². The molecule has 3 nitrogen and oxygen atoms in total. The zero-order chi connectivity index (χ0) is 9.14. The van der Waals surface area contributed by atoms with Crippen molar-refractivity contribution < 1.29 is 4.79 Å². The number of amides is 1. The van der Waals surface area contributed by atoms with Gasteiger partial charge < -0.3 is 0 Å². The van der Waals surface area contributed by atoms with Crippen LogP contribution < -0.4 is 11.3 Å². The number of thiophene rings is 1. The predicted octanol–water partition coefficient (Wildman–Crippen LogP) is 1.68. The van der Waals surface area contributed by atoms with Gasteiger partial charge in [-0.2, -0.15) is 0 Å². The summed E-state index contributed by atoms with van der Waals surface area (Å²) in [7, 11) is 0. The first kappa shape index (κ1) is 9.70. The summed E-state index contributed by atoms with van der Waals surface area (Å²) in [5.74, 6) is 4.76. The number of rotatable bonds is 2. The highest BCUT2D eigenvalue weighted by atomic mass is 79.9. The largest absolute Gasteiger partial charge is 0.289 e. The summed E-state index contributed by atoms with van der Waals surface area (Å²) in [4.78, 5) is 12.8. The van der Waals surface area contributed by atoms with Crippen LogP contribution >= 0.6 is 27.3 Å². The maximum Gasteiger partial charge on any atom is 0.275 e. The van der Waals surface area contributed by atoms with E-state index in [1.165, 1.54) is 11.3 Å². The third-order valence-corrected chi connectivity index (χ3v) is 3.68. The molecule has 1 amide bonds. The van der Waals surface area contributed by atoms with E-state index in [4.69, 9.17) is 5.84 Å². The summed E-state index contributed by atoms with van der Waals surface area (Å²) >= 11 is 4.82. The van der Waals surface area contributed by atoms with E-state index in [1.807, 2.05) is 6.92 Å². The highest BCUT2D eigenvalue weighted by Crippen LogP contribution is 2.27. The lowest BCUT2D eigenvalue weighted by molar-refractivity contribution is 0.0957. The quantitative estimate of drug-likeness (QED) is 0.476. The van der Waals surface area contributed by atoms with Crippen molar-refractivity contribution in [1.82, 2.24) is 5.43 Å². The number of hydrazine groups is 1. The van der Waals surface area contributed by atoms with Gasteiger partial charge in [-0.15, -0.1) is 11.3 Å². The van der Waals surface area contributed by atoms with Gasteiger partial charge >= 0.3 is 0 Å². The number of nitrogens with one attached hydrogen (secondary N) is 1. The average molecular weight is 249 g/mol. The molecule has 0 atom stereocenters. The average Bonchev–Trinajstić information content (AvgIpc) is 2.45. The van der Waals surface area contributed by atoms with Crippen LogP contribution in [0, 0.1) is 0 Å². The van der Waals surface area contributed by atoms with Gasteiger partial charge in [-0.3, -0.25) is 10.2 Å². The Bertz CT molecular complexity index is 298. The number of nitrogens with two attached hydrogens (primary N) is 1. The van der Waals surface area contributed by atoms with Crippen LogP contribution in [-0.4, -0.2) is 5.91 Å². The highest BCUT2D eigenvalue weighted by Gasteiger charge is 2.10. The van der Waals surface area contributed by atoms with Crippen molar-refractivity contribution in [2.24, 2.45) is 5.84 Å². The number of carbonyl (C=O) groups excluding carboxylic acids is 1. The minimum absolute atomic E-state index is 0.236. The molecule has 0 aliphatic rings. The molecule has 0 aromatic carbocycles. The van der Waals surface area contributed by atoms with Crippen LogP contribution in [0.25, 0.3) is 0 Å². The molecule has 0 saturated carbocycles. The fourth-order valence-corrected chi connectivity index (χ4v) is 2.63. The number of carbonyl (C=O) groups is 1. The Hall–Kier alpha value is -0.390. The van der Waals surface area contributed by atoms with Crippen LogP contribution in [0.1, 0.15) is 21.5 Å². The Labute approximate surface area is 83.1 Å². The molecule has 0 radical (unpaired) electrons. The second kappa shape index (κ2) is 4.02. The van der Waals surface area contributed by atoms with E-state index in [2.05, 4.69) is 21.4 Å². The summed E-state index contributed by atoms with van der Waals surface area (Å²) in [6, 6.07) is 1.78. The molecule has 66 valence electrons. The molecule has 3 N–H and O–H groups in total. The monoisotopic (exact) mass is 248 g/mol. The van der Waals surface area contributed by atoms with Crippen molar-refractivity contribution in [3.63, 3.8) is 0 Å². The first-order chi connectivity index (χ1) is 5.69. The van der Waals surface area contributed by atoms with Gasteiger partial charge in [0.25, 0.3) is 5.91 Å². The number of hydrogen-bond donors (Lipinski definition) is 2. The summed E-state index contributed by atoms with van der Waals surface area (Å²) in [6.07, 6.45) is 0.920. The van der Waals surface area contributed by atoms with Crippen molar-refractivity contribution >= 4 is 33.2 Å². The summed E-state index contributed by atoms with van der Waals surface area (Å²) < 4.78 is 0.980. The minimum atomic E-state index is -0.236. The molecule has 0 aliphatic heterocycles. The molecule has 1 aromatic heterocycles. The lowest BCUT2D eigenvalue weighted by Gasteiger charge is -1.91. The Kier molecular flexibility index (Phi) is 3.25. The lowest BCUT2D eigenvalue weighted by atomic mass is 10.3. The molecular formula is C7H9BrN2OS. The van der Waals surface area contributed by atoms with E-state index < -0.39 is 0 Å². The van der Waals surface area contributed by atoms with Gasteiger partial charge in [0.15, 0.2) is 0 Å². The Morgan fingerprint density at radius 1 is 1.83 bits per heavy atom.